The molecule has 3 aromatic heterocycles. The number of hydrogen-bond donors (Lipinski definition) is 2. The fourth-order valence-corrected chi connectivity index (χ4v) is 4.71. The van der Waals surface area contributed by atoms with Gasteiger partial charge in [0.15, 0.2) is 5.65 Å². The number of nitrogens with one attached hydrogen (secondary N) is 1. The van der Waals surface area contributed by atoms with Crippen molar-refractivity contribution in [2.75, 3.05) is 18.9 Å². The van der Waals surface area contributed by atoms with E-state index in [0.717, 1.165) is 5.56 Å². The van der Waals surface area contributed by atoms with E-state index in [9.17, 15) is 9.18 Å². The van der Waals surface area contributed by atoms with Gasteiger partial charge in [-0.2, -0.15) is 9.61 Å². The standard InChI is InChI=1S/C23H22BrFN6O2/c1-12(29-23(32)13-4-6-33-7-5-13)20-19(24)21(26)31-22(30-20)17(11-28-31)15-8-14-9-16(25)2-3-18(14)27-10-15/h2-3,8-13H,4-7,26H2,1H3,(H,29,32). The Morgan fingerprint density at radius 1 is 1.30 bits per heavy atom. The smallest absolute Gasteiger partial charge is 0.223 e. The second-order valence-corrected chi connectivity index (χ2v) is 8.96. The number of carbonyl (C=O) groups excluding carboxylic acids is 1. The molecule has 1 amide bonds. The Morgan fingerprint density at radius 2 is 2.09 bits per heavy atom. The Kier molecular flexibility index (Phi) is 5.71. The summed E-state index contributed by atoms with van der Waals surface area (Å²) < 4.78 is 21.2. The molecule has 0 spiro atoms. The van der Waals surface area contributed by atoms with E-state index < -0.39 is 0 Å². The average Bonchev–Trinajstić information content (AvgIpc) is 3.25. The van der Waals surface area contributed by atoms with Crippen molar-refractivity contribution in [3.05, 3.63) is 52.6 Å². The number of ether oxygens (including phenoxy) is 1. The van der Waals surface area contributed by atoms with Crippen molar-refractivity contribution in [3.63, 3.8) is 0 Å². The third-order valence-electron chi connectivity index (χ3n) is 5.96. The minimum Gasteiger partial charge on any atom is -0.383 e. The summed E-state index contributed by atoms with van der Waals surface area (Å²) in [4.78, 5) is 22.0. The lowest BCUT2D eigenvalue weighted by Gasteiger charge is -2.24. The van der Waals surface area contributed by atoms with Gasteiger partial charge < -0.3 is 15.8 Å². The molecule has 3 N–H and O–H groups in total. The van der Waals surface area contributed by atoms with Crippen LogP contribution in [0.3, 0.4) is 0 Å². The van der Waals surface area contributed by atoms with Gasteiger partial charge in [-0.25, -0.2) is 9.37 Å². The molecule has 1 aliphatic heterocycles. The van der Waals surface area contributed by atoms with Crippen LogP contribution in [0.5, 0.6) is 0 Å². The molecule has 8 nitrogen and oxygen atoms in total. The van der Waals surface area contributed by atoms with Gasteiger partial charge in [0.2, 0.25) is 5.91 Å². The van der Waals surface area contributed by atoms with E-state index in [4.69, 9.17) is 15.5 Å². The van der Waals surface area contributed by atoms with Gasteiger partial charge in [0.25, 0.3) is 0 Å². The van der Waals surface area contributed by atoms with Gasteiger partial charge in [0.05, 0.1) is 27.9 Å². The van der Waals surface area contributed by atoms with Crippen molar-refractivity contribution in [1.29, 1.82) is 0 Å². The summed E-state index contributed by atoms with van der Waals surface area (Å²) in [6.45, 7) is 3.06. The monoisotopic (exact) mass is 512 g/mol. The highest BCUT2D eigenvalue weighted by Crippen LogP contribution is 2.33. The van der Waals surface area contributed by atoms with Crippen molar-refractivity contribution in [3.8, 4) is 11.1 Å². The Labute approximate surface area is 197 Å². The maximum Gasteiger partial charge on any atom is 0.223 e. The number of rotatable bonds is 4. The molecular formula is C23H22BrFN6O2. The Hall–Kier alpha value is -3.11. The molecule has 10 heteroatoms. The zero-order valence-corrected chi connectivity index (χ0v) is 19.5. The number of nitrogens with zero attached hydrogens (tertiary/aromatic N) is 4. The van der Waals surface area contributed by atoms with E-state index in [1.165, 1.54) is 16.6 Å². The van der Waals surface area contributed by atoms with Gasteiger partial charge in [-0.1, -0.05) is 0 Å². The number of benzene rings is 1. The van der Waals surface area contributed by atoms with Crippen molar-refractivity contribution >= 4 is 44.2 Å². The molecule has 1 atom stereocenters. The van der Waals surface area contributed by atoms with Gasteiger partial charge in [0.1, 0.15) is 11.6 Å². The zero-order valence-electron chi connectivity index (χ0n) is 17.9. The molecule has 0 aliphatic carbocycles. The molecule has 0 bridgehead atoms. The highest BCUT2D eigenvalue weighted by atomic mass is 79.9. The third kappa shape index (κ3) is 4.04. The van der Waals surface area contributed by atoms with Gasteiger partial charge in [-0.15, -0.1) is 0 Å². The quantitative estimate of drug-likeness (QED) is 0.427. The summed E-state index contributed by atoms with van der Waals surface area (Å²) in [5, 5.41) is 8.11. The van der Waals surface area contributed by atoms with E-state index in [-0.39, 0.29) is 23.7 Å². The first-order valence-corrected chi connectivity index (χ1v) is 11.5. The number of halogens is 2. The number of hydrogen-bond acceptors (Lipinski definition) is 6. The van der Waals surface area contributed by atoms with Gasteiger partial charge in [-0.3, -0.25) is 9.78 Å². The molecule has 1 unspecified atom stereocenters. The van der Waals surface area contributed by atoms with Gasteiger partial charge in [-0.05, 0) is 60.0 Å². The van der Waals surface area contributed by atoms with E-state index in [0.29, 0.717) is 64.2 Å². The SMILES string of the molecule is CC(NC(=O)C1CCOCC1)c1nc2c(-c3cnc4ccc(F)cc4c3)cnn2c(N)c1Br. The first-order chi connectivity index (χ1) is 15.9. The average molecular weight is 513 g/mol. The summed E-state index contributed by atoms with van der Waals surface area (Å²) in [6.07, 6.45) is 4.77. The van der Waals surface area contributed by atoms with Crippen molar-refractivity contribution in [2.45, 2.75) is 25.8 Å². The number of amides is 1. The molecule has 170 valence electrons. The Morgan fingerprint density at radius 3 is 2.88 bits per heavy atom. The van der Waals surface area contributed by atoms with Crippen LogP contribution in [0, 0.1) is 11.7 Å². The summed E-state index contributed by atoms with van der Waals surface area (Å²) in [6, 6.07) is 5.92. The highest BCUT2D eigenvalue weighted by Gasteiger charge is 2.26. The molecule has 0 saturated carbocycles. The minimum atomic E-state index is -0.381. The molecule has 1 aliphatic rings. The maximum atomic E-state index is 13.7. The molecule has 1 saturated heterocycles. The van der Waals surface area contributed by atoms with Crippen molar-refractivity contribution in [2.24, 2.45) is 5.92 Å². The predicted molar refractivity (Wildman–Crippen MR) is 126 cm³/mol. The lowest BCUT2D eigenvalue weighted by molar-refractivity contribution is -0.128. The highest BCUT2D eigenvalue weighted by molar-refractivity contribution is 9.10. The van der Waals surface area contributed by atoms with E-state index >= 15 is 0 Å². The van der Waals surface area contributed by atoms with E-state index in [2.05, 4.69) is 31.3 Å². The lowest BCUT2D eigenvalue weighted by atomic mass is 9.99. The summed E-state index contributed by atoms with van der Waals surface area (Å²) in [7, 11) is 0. The third-order valence-corrected chi connectivity index (χ3v) is 6.78. The van der Waals surface area contributed by atoms with Crippen LogP contribution < -0.4 is 11.1 Å². The number of fused-ring (bicyclic) bond motifs is 2. The van der Waals surface area contributed by atoms with Crippen molar-refractivity contribution < 1.29 is 13.9 Å². The van der Waals surface area contributed by atoms with Crippen LogP contribution in [0.2, 0.25) is 0 Å². The molecule has 4 heterocycles. The number of aromatic nitrogens is 4. The fourth-order valence-electron chi connectivity index (χ4n) is 4.11. The maximum absolute atomic E-state index is 13.7. The molecule has 0 radical (unpaired) electrons. The predicted octanol–water partition coefficient (Wildman–Crippen LogP) is 4.03. The number of nitrogens with two attached hydrogens (primary N) is 1. The largest absolute Gasteiger partial charge is 0.383 e. The van der Waals surface area contributed by atoms with Crippen LogP contribution >= 0.6 is 15.9 Å². The second-order valence-electron chi connectivity index (χ2n) is 8.17. The number of nitrogen functional groups attached to an aromatic ring is 1. The lowest BCUT2D eigenvalue weighted by Crippen LogP contribution is -2.36. The summed E-state index contributed by atoms with van der Waals surface area (Å²) in [5.41, 5.74) is 9.61. The first kappa shape index (κ1) is 21.7. The van der Waals surface area contributed by atoms with Crippen LogP contribution in [0.15, 0.2) is 41.1 Å². The zero-order chi connectivity index (χ0) is 23.1. The number of pyridine rings is 1. The number of carbonyl (C=O) groups is 1. The molecule has 1 aromatic carbocycles. The fraction of sp³-hybridized carbons (Fsp3) is 0.304. The number of anilines is 1. The van der Waals surface area contributed by atoms with Crippen molar-refractivity contribution in [1.82, 2.24) is 24.9 Å². The van der Waals surface area contributed by atoms with Crippen LogP contribution in [0.1, 0.15) is 31.5 Å². The van der Waals surface area contributed by atoms with Crippen LogP contribution in [0.4, 0.5) is 10.2 Å². The molecular weight excluding hydrogens is 491 g/mol. The topological polar surface area (TPSA) is 107 Å². The first-order valence-electron chi connectivity index (χ1n) is 10.7. The summed E-state index contributed by atoms with van der Waals surface area (Å²) >= 11 is 3.52. The Bertz CT molecular complexity index is 1370. The minimum absolute atomic E-state index is 0.0209. The van der Waals surface area contributed by atoms with E-state index in [1.807, 2.05) is 13.0 Å². The molecule has 33 heavy (non-hydrogen) atoms. The van der Waals surface area contributed by atoms with Gasteiger partial charge >= 0.3 is 0 Å². The van der Waals surface area contributed by atoms with Gasteiger partial charge in [0, 0.05) is 41.8 Å². The Balaban J connectivity index is 1.53. The summed E-state index contributed by atoms with van der Waals surface area (Å²) in [5.74, 6) is -0.0553. The molecule has 5 rings (SSSR count). The molecule has 4 aromatic rings. The normalized spacial score (nSPS) is 15.7. The van der Waals surface area contributed by atoms with Crippen LogP contribution in [-0.4, -0.2) is 38.7 Å². The van der Waals surface area contributed by atoms with Crippen LogP contribution in [-0.2, 0) is 9.53 Å². The van der Waals surface area contributed by atoms with E-state index in [1.54, 1.807) is 18.5 Å². The molecule has 1 fully saturated rings. The second kappa shape index (κ2) is 8.68. The van der Waals surface area contributed by atoms with Crippen LogP contribution in [0.25, 0.3) is 27.7 Å².